The zero-order valence-electron chi connectivity index (χ0n) is 23.0. The smallest absolute Gasteiger partial charge is 0.308 e. The summed E-state index contributed by atoms with van der Waals surface area (Å²) in [4.78, 5) is 13.4. The molecule has 1 N–H and O–H groups in total. The molecule has 0 radical (unpaired) electrons. The minimum atomic E-state index is -0.962. The first-order valence-electron chi connectivity index (χ1n) is 13.3. The van der Waals surface area contributed by atoms with Crippen molar-refractivity contribution in [1.82, 2.24) is 0 Å². The maximum absolute atomic E-state index is 13.4. The summed E-state index contributed by atoms with van der Waals surface area (Å²) < 4.78 is 33.9. The van der Waals surface area contributed by atoms with Crippen LogP contribution in [0, 0.1) is 5.92 Å². The Morgan fingerprint density at radius 3 is 2.55 bits per heavy atom. The second kappa shape index (κ2) is 11.5. The summed E-state index contributed by atoms with van der Waals surface area (Å²) in [7, 11) is 3.11. The molecule has 0 aromatic heterocycles. The van der Waals surface area contributed by atoms with Crippen LogP contribution in [0.2, 0.25) is 0 Å². The van der Waals surface area contributed by atoms with E-state index in [4.69, 9.17) is 28.4 Å². The zero-order valence-corrected chi connectivity index (χ0v) is 23.0. The first-order valence-corrected chi connectivity index (χ1v) is 13.3. The van der Waals surface area contributed by atoms with Crippen molar-refractivity contribution < 1.29 is 38.3 Å². The molecule has 2 aliphatic rings. The van der Waals surface area contributed by atoms with Gasteiger partial charge in [-0.2, -0.15) is 0 Å². The van der Waals surface area contributed by atoms with Crippen LogP contribution in [-0.4, -0.2) is 45.5 Å². The van der Waals surface area contributed by atoms with E-state index in [1.807, 2.05) is 55.5 Å². The molecule has 5 rings (SSSR count). The van der Waals surface area contributed by atoms with Crippen LogP contribution < -0.4 is 23.7 Å². The number of carboxylic acids is 1. The molecule has 0 bridgehead atoms. The predicted molar refractivity (Wildman–Crippen MR) is 149 cm³/mol. The highest BCUT2D eigenvalue weighted by atomic mass is 16.7. The maximum atomic E-state index is 13.4. The van der Waals surface area contributed by atoms with Crippen LogP contribution in [0.4, 0.5) is 0 Å². The summed E-state index contributed by atoms with van der Waals surface area (Å²) in [6, 6.07) is 17.0. The molecule has 0 saturated heterocycles. The Balaban J connectivity index is 1.79. The Bertz CT molecular complexity index is 1400. The van der Waals surface area contributed by atoms with Gasteiger partial charge >= 0.3 is 5.97 Å². The highest BCUT2D eigenvalue weighted by molar-refractivity contribution is 5.81. The number of carbonyl (C=O) groups is 1. The number of methoxy groups -OCH3 is 2. The second-order valence-corrected chi connectivity index (χ2v) is 9.88. The van der Waals surface area contributed by atoms with Gasteiger partial charge in [0, 0.05) is 30.1 Å². The fraction of sp³-hybridized carbons (Fsp3) is 0.344. The summed E-state index contributed by atoms with van der Waals surface area (Å²) in [5, 5.41) is 11.0. The largest absolute Gasteiger partial charge is 0.497 e. The molecule has 40 heavy (non-hydrogen) atoms. The molecular weight excluding hydrogens is 512 g/mol. The molecule has 3 atom stereocenters. The quantitative estimate of drug-likeness (QED) is 0.222. The van der Waals surface area contributed by atoms with E-state index in [1.54, 1.807) is 19.3 Å². The van der Waals surface area contributed by atoms with Gasteiger partial charge in [0.1, 0.15) is 17.2 Å². The number of ether oxygens (including phenoxy) is 6. The van der Waals surface area contributed by atoms with E-state index in [2.05, 4.69) is 6.58 Å². The number of hydrogen-bond acceptors (Lipinski definition) is 7. The molecule has 0 amide bonds. The lowest BCUT2D eigenvalue weighted by molar-refractivity contribution is -0.143. The third kappa shape index (κ3) is 4.62. The maximum Gasteiger partial charge on any atom is 0.308 e. The van der Waals surface area contributed by atoms with Crippen molar-refractivity contribution >= 4 is 5.97 Å². The van der Waals surface area contributed by atoms with E-state index in [9.17, 15) is 9.90 Å². The minimum absolute atomic E-state index is 0.00288. The standard InChI is InChI=1S/C32H34O8/c1-5-13-32(20-7-12-26-28(15-20)40-19-39-26)25-11-9-22(37-14-6-2)16-24(25)29(30(32)31(33)34)23-10-8-21(36-4)17-27(23)38-18-35-3/h5,7-12,15-17,29-30H,1,6,13-14,18-19H2,2-4H3,(H,33,34)/t29-,30+,32+/m1/s1. The molecule has 8 nitrogen and oxygen atoms in total. The number of aliphatic carboxylic acids is 1. The average Bonchev–Trinajstić information content (AvgIpc) is 3.55. The van der Waals surface area contributed by atoms with Crippen molar-refractivity contribution in [3.8, 4) is 28.7 Å². The molecular formula is C32H34O8. The van der Waals surface area contributed by atoms with E-state index in [1.165, 1.54) is 7.11 Å². The number of allylic oxidation sites excluding steroid dienone is 1. The van der Waals surface area contributed by atoms with E-state index in [0.29, 0.717) is 47.3 Å². The van der Waals surface area contributed by atoms with Crippen LogP contribution in [-0.2, 0) is 14.9 Å². The van der Waals surface area contributed by atoms with E-state index < -0.39 is 23.2 Å². The summed E-state index contributed by atoms with van der Waals surface area (Å²) >= 11 is 0. The average molecular weight is 547 g/mol. The number of rotatable bonds is 12. The van der Waals surface area contributed by atoms with Gasteiger partial charge in [-0.15, -0.1) is 6.58 Å². The molecule has 1 aliphatic heterocycles. The van der Waals surface area contributed by atoms with Crippen LogP contribution >= 0.6 is 0 Å². The Labute approximate surface area is 234 Å². The van der Waals surface area contributed by atoms with Gasteiger partial charge in [-0.3, -0.25) is 4.79 Å². The fourth-order valence-electron chi connectivity index (χ4n) is 6.08. The van der Waals surface area contributed by atoms with Gasteiger partial charge in [-0.25, -0.2) is 0 Å². The van der Waals surface area contributed by atoms with Gasteiger partial charge in [-0.1, -0.05) is 31.2 Å². The van der Waals surface area contributed by atoms with Gasteiger partial charge in [0.25, 0.3) is 0 Å². The highest BCUT2D eigenvalue weighted by Gasteiger charge is 2.57. The predicted octanol–water partition coefficient (Wildman–Crippen LogP) is 5.90. The Morgan fingerprint density at radius 2 is 1.82 bits per heavy atom. The van der Waals surface area contributed by atoms with E-state index >= 15 is 0 Å². The number of carboxylic acid groups (broad SMARTS) is 1. The van der Waals surface area contributed by atoms with Crippen molar-refractivity contribution in [3.63, 3.8) is 0 Å². The third-order valence-corrected chi connectivity index (χ3v) is 7.68. The Kier molecular flexibility index (Phi) is 7.89. The van der Waals surface area contributed by atoms with Crippen molar-refractivity contribution in [2.75, 3.05) is 34.4 Å². The molecule has 0 unspecified atom stereocenters. The highest BCUT2D eigenvalue weighted by Crippen LogP contribution is 2.60. The zero-order chi connectivity index (χ0) is 28.3. The number of fused-ring (bicyclic) bond motifs is 2. The Hall–Kier alpha value is -4.17. The van der Waals surface area contributed by atoms with Gasteiger partial charge in [0.2, 0.25) is 6.79 Å². The van der Waals surface area contributed by atoms with Gasteiger partial charge in [-0.05, 0) is 59.9 Å². The number of benzene rings is 3. The molecule has 210 valence electrons. The molecule has 3 aromatic rings. The van der Waals surface area contributed by atoms with Crippen LogP contribution in [0.5, 0.6) is 28.7 Å². The lowest BCUT2D eigenvalue weighted by atomic mass is 9.65. The molecule has 0 spiro atoms. The normalized spacial score (nSPS) is 20.6. The molecule has 0 fully saturated rings. The van der Waals surface area contributed by atoms with Crippen LogP contribution in [0.15, 0.2) is 67.3 Å². The molecule has 8 heteroatoms. The third-order valence-electron chi connectivity index (χ3n) is 7.68. The molecule has 3 aromatic carbocycles. The van der Waals surface area contributed by atoms with Crippen molar-refractivity contribution in [3.05, 3.63) is 89.5 Å². The monoisotopic (exact) mass is 546 g/mol. The first kappa shape index (κ1) is 27.4. The van der Waals surface area contributed by atoms with Crippen molar-refractivity contribution in [1.29, 1.82) is 0 Å². The van der Waals surface area contributed by atoms with Crippen LogP contribution in [0.3, 0.4) is 0 Å². The van der Waals surface area contributed by atoms with Gasteiger partial charge in [0.05, 0.1) is 19.6 Å². The molecule has 0 saturated carbocycles. The Morgan fingerprint density at radius 1 is 1.02 bits per heavy atom. The summed E-state index contributed by atoms with van der Waals surface area (Å²) in [5.41, 5.74) is 2.30. The number of hydrogen-bond donors (Lipinski definition) is 1. The van der Waals surface area contributed by atoms with Gasteiger partial charge in [0.15, 0.2) is 18.3 Å². The first-order chi connectivity index (χ1) is 19.5. The van der Waals surface area contributed by atoms with E-state index in [0.717, 1.165) is 23.1 Å². The van der Waals surface area contributed by atoms with Gasteiger partial charge < -0.3 is 33.5 Å². The molecule has 1 aliphatic carbocycles. The lowest BCUT2D eigenvalue weighted by Crippen LogP contribution is -2.39. The van der Waals surface area contributed by atoms with E-state index in [-0.39, 0.29) is 13.6 Å². The topological polar surface area (TPSA) is 92.7 Å². The van der Waals surface area contributed by atoms with Crippen molar-refractivity contribution in [2.24, 2.45) is 5.92 Å². The SMILES string of the molecule is C=CC[C@]1(c2ccc3c(c2)OCO3)c2ccc(OCCC)cc2[C@@H](c2ccc(OC)cc2OCOC)[C@H]1C(=O)O. The minimum Gasteiger partial charge on any atom is -0.497 e. The lowest BCUT2D eigenvalue weighted by Gasteiger charge is -2.36. The summed E-state index contributed by atoms with van der Waals surface area (Å²) in [6.45, 7) is 6.76. The van der Waals surface area contributed by atoms with Crippen LogP contribution in [0.25, 0.3) is 0 Å². The van der Waals surface area contributed by atoms with Crippen LogP contribution in [0.1, 0.15) is 47.9 Å². The fourth-order valence-corrected chi connectivity index (χ4v) is 6.08. The summed E-state index contributed by atoms with van der Waals surface area (Å²) in [5.74, 6) is 0.547. The van der Waals surface area contributed by atoms with Crippen molar-refractivity contribution in [2.45, 2.75) is 31.1 Å². The second-order valence-electron chi connectivity index (χ2n) is 9.88. The molecule has 1 heterocycles. The summed E-state index contributed by atoms with van der Waals surface area (Å²) in [6.07, 6.45) is 3.01.